The van der Waals surface area contributed by atoms with Crippen molar-refractivity contribution in [1.29, 1.82) is 0 Å². The van der Waals surface area contributed by atoms with Crippen molar-refractivity contribution in [3.63, 3.8) is 0 Å². The molecule has 0 saturated carbocycles. The van der Waals surface area contributed by atoms with E-state index in [9.17, 15) is 22.4 Å². The minimum Gasteiger partial charge on any atom is -0.489 e. The summed E-state index contributed by atoms with van der Waals surface area (Å²) in [5.41, 5.74) is 0.637. The van der Waals surface area contributed by atoms with E-state index >= 15 is 0 Å². The summed E-state index contributed by atoms with van der Waals surface area (Å²) in [6, 6.07) is 6.02. The van der Waals surface area contributed by atoms with E-state index in [0.29, 0.717) is 77.4 Å². The van der Waals surface area contributed by atoms with Gasteiger partial charge in [0.15, 0.2) is 6.10 Å². The van der Waals surface area contributed by atoms with E-state index < -0.39 is 42.8 Å². The van der Waals surface area contributed by atoms with Gasteiger partial charge in [-0.05, 0) is 31.0 Å². The topological polar surface area (TPSA) is 81.8 Å². The van der Waals surface area contributed by atoms with Crippen LogP contribution >= 0.6 is 22.9 Å². The standard InChI is InChI=1S/C27H26ClF4N5O3S/c1-2-10-39-21-5-3-4-16(28)24(21)22-12-17(35-40-22)19-14-41-27(33-19)15-6-8-36(9-7-15)23(38)13-37-20(26(31)32)11-18(34-37)25(29)30/h2-5,11,14-15,22,25-26H,1,6-10,12-13H2/t22-/m0/s1. The molecule has 2 aliphatic heterocycles. The summed E-state index contributed by atoms with van der Waals surface area (Å²) < 4.78 is 58.8. The predicted octanol–water partition coefficient (Wildman–Crippen LogP) is 6.70. The number of thiazole rings is 1. The minimum atomic E-state index is -3.02. The zero-order valence-electron chi connectivity index (χ0n) is 21.7. The Morgan fingerprint density at radius 1 is 1.24 bits per heavy atom. The molecule has 1 saturated heterocycles. The number of nitrogens with zero attached hydrogens (tertiary/aromatic N) is 5. The Morgan fingerprint density at radius 2 is 2.02 bits per heavy atom. The van der Waals surface area contributed by atoms with Crippen LogP contribution in [0.25, 0.3) is 0 Å². The third-order valence-electron chi connectivity index (χ3n) is 6.94. The maximum atomic E-state index is 13.3. The number of oxime groups is 1. The number of hydrogen-bond donors (Lipinski definition) is 0. The van der Waals surface area contributed by atoms with Crippen LogP contribution in [0.15, 0.2) is 47.5 Å². The molecule has 8 nitrogen and oxygen atoms in total. The van der Waals surface area contributed by atoms with Crippen LogP contribution in [0.5, 0.6) is 5.75 Å². The first-order valence-corrected chi connectivity index (χ1v) is 14.1. The summed E-state index contributed by atoms with van der Waals surface area (Å²) >= 11 is 7.95. The number of hydrogen-bond acceptors (Lipinski definition) is 7. The highest BCUT2D eigenvalue weighted by Gasteiger charge is 2.32. The van der Waals surface area contributed by atoms with Gasteiger partial charge in [-0.15, -0.1) is 11.3 Å². The first-order valence-electron chi connectivity index (χ1n) is 12.9. The maximum Gasteiger partial charge on any atom is 0.282 e. The molecule has 0 bridgehead atoms. The van der Waals surface area contributed by atoms with Crippen LogP contribution in [0.3, 0.4) is 0 Å². The van der Waals surface area contributed by atoms with Crippen LogP contribution in [0, 0.1) is 0 Å². The second-order valence-electron chi connectivity index (χ2n) is 9.57. The average molecular weight is 612 g/mol. The highest BCUT2D eigenvalue weighted by atomic mass is 35.5. The van der Waals surface area contributed by atoms with Crippen LogP contribution < -0.4 is 4.74 Å². The predicted molar refractivity (Wildman–Crippen MR) is 145 cm³/mol. The summed E-state index contributed by atoms with van der Waals surface area (Å²) in [5.74, 6) is 0.255. The van der Waals surface area contributed by atoms with Crippen LogP contribution in [0.2, 0.25) is 5.02 Å². The zero-order chi connectivity index (χ0) is 29.1. The Kier molecular flexibility index (Phi) is 8.93. The molecular formula is C27H26ClF4N5O3S. The normalized spacial score (nSPS) is 17.7. The number of halogens is 5. The molecule has 0 radical (unpaired) electrons. The van der Waals surface area contributed by atoms with Gasteiger partial charge >= 0.3 is 0 Å². The van der Waals surface area contributed by atoms with Gasteiger partial charge in [-0.3, -0.25) is 9.48 Å². The Morgan fingerprint density at radius 3 is 2.73 bits per heavy atom. The number of piperidine rings is 1. The lowest BCUT2D eigenvalue weighted by Crippen LogP contribution is -2.40. The average Bonchev–Trinajstić information content (AvgIpc) is 3.72. The number of carbonyl (C=O) groups is 1. The van der Waals surface area contributed by atoms with Crippen molar-refractivity contribution in [3.05, 3.63) is 75.0 Å². The molecule has 1 amide bonds. The summed E-state index contributed by atoms with van der Waals surface area (Å²) in [6.45, 7) is 4.25. The molecule has 2 aromatic heterocycles. The van der Waals surface area contributed by atoms with Crippen LogP contribution in [0.4, 0.5) is 17.6 Å². The van der Waals surface area contributed by atoms with E-state index in [1.54, 1.807) is 23.1 Å². The molecule has 218 valence electrons. The monoisotopic (exact) mass is 611 g/mol. The molecule has 1 aromatic carbocycles. The smallest absolute Gasteiger partial charge is 0.282 e. The van der Waals surface area contributed by atoms with Gasteiger partial charge in [0.05, 0.1) is 21.3 Å². The number of alkyl halides is 4. The molecule has 4 heterocycles. The summed E-state index contributed by atoms with van der Waals surface area (Å²) in [7, 11) is 0. The summed E-state index contributed by atoms with van der Waals surface area (Å²) in [6.07, 6.45) is -3.09. The molecule has 41 heavy (non-hydrogen) atoms. The quantitative estimate of drug-likeness (QED) is 0.188. The van der Waals surface area contributed by atoms with Crippen LogP contribution in [-0.2, 0) is 16.2 Å². The van der Waals surface area contributed by atoms with Crippen molar-refractivity contribution in [1.82, 2.24) is 19.7 Å². The molecule has 0 aliphatic carbocycles. The first-order chi connectivity index (χ1) is 19.7. The molecule has 1 fully saturated rings. The lowest BCUT2D eigenvalue weighted by atomic mass is 9.97. The molecule has 3 aromatic rings. The lowest BCUT2D eigenvalue weighted by molar-refractivity contribution is -0.133. The summed E-state index contributed by atoms with van der Waals surface area (Å²) in [4.78, 5) is 24.8. The zero-order valence-corrected chi connectivity index (χ0v) is 23.3. The Balaban J connectivity index is 1.18. The number of amides is 1. The van der Waals surface area contributed by atoms with Crippen molar-refractivity contribution < 1.29 is 31.9 Å². The van der Waals surface area contributed by atoms with Gasteiger partial charge in [0, 0.05) is 30.8 Å². The molecule has 14 heteroatoms. The largest absolute Gasteiger partial charge is 0.489 e. The molecule has 5 rings (SSSR count). The highest BCUT2D eigenvalue weighted by molar-refractivity contribution is 7.10. The van der Waals surface area contributed by atoms with Gasteiger partial charge < -0.3 is 14.5 Å². The highest BCUT2D eigenvalue weighted by Crippen LogP contribution is 2.40. The fraction of sp³-hybridized carbons (Fsp3) is 0.407. The Bertz CT molecular complexity index is 1440. The molecule has 1 atom stereocenters. The van der Waals surface area contributed by atoms with E-state index in [1.807, 2.05) is 11.4 Å². The molecule has 0 unspecified atom stereocenters. The van der Waals surface area contributed by atoms with E-state index in [2.05, 4.69) is 16.8 Å². The number of benzene rings is 1. The molecular weight excluding hydrogens is 586 g/mol. The van der Waals surface area contributed by atoms with Gasteiger partial charge in [0.1, 0.15) is 36.0 Å². The number of rotatable bonds is 10. The van der Waals surface area contributed by atoms with Gasteiger partial charge in [-0.25, -0.2) is 22.5 Å². The van der Waals surface area contributed by atoms with Gasteiger partial charge in [0.2, 0.25) is 5.91 Å². The molecule has 0 N–H and O–H groups in total. The third kappa shape index (κ3) is 6.40. The SMILES string of the molecule is C=CCOc1cccc(Cl)c1[C@@H]1CC(c2csc(C3CCN(C(=O)Cn4nc(C(F)F)cc4C(F)F)CC3)n2)=NO1. The van der Waals surface area contributed by atoms with Gasteiger partial charge in [0.25, 0.3) is 12.9 Å². The fourth-order valence-corrected chi connectivity index (χ4v) is 6.15. The maximum absolute atomic E-state index is 13.3. The fourth-order valence-electron chi connectivity index (χ4n) is 4.86. The van der Waals surface area contributed by atoms with Gasteiger partial charge in [-0.2, -0.15) is 5.10 Å². The number of likely N-dealkylation sites (tertiary alicyclic amines) is 1. The molecule has 2 aliphatic rings. The number of aromatic nitrogens is 3. The van der Waals surface area contributed by atoms with Crippen LogP contribution in [-0.4, -0.2) is 51.0 Å². The second kappa shape index (κ2) is 12.6. The van der Waals surface area contributed by atoms with Crippen molar-refractivity contribution in [2.45, 2.75) is 50.7 Å². The van der Waals surface area contributed by atoms with Gasteiger partial charge in [-0.1, -0.05) is 35.5 Å². The van der Waals surface area contributed by atoms with Crippen LogP contribution in [0.1, 0.15) is 71.8 Å². The first kappa shape index (κ1) is 29.1. The number of ether oxygens (including phenoxy) is 1. The second-order valence-corrected chi connectivity index (χ2v) is 10.9. The molecule has 0 spiro atoms. The van der Waals surface area contributed by atoms with E-state index in [4.69, 9.17) is 26.2 Å². The number of carbonyl (C=O) groups excluding carboxylic acids is 1. The Labute approximate surface area is 242 Å². The lowest BCUT2D eigenvalue weighted by Gasteiger charge is -2.31. The van der Waals surface area contributed by atoms with E-state index in [-0.39, 0.29) is 5.92 Å². The third-order valence-corrected chi connectivity index (χ3v) is 8.27. The van der Waals surface area contributed by atoms with E-state index in [0.717, 1.165) is 5.01 Å². The van der Waals surface area contributed by atoms with Crippen molar-refractivity contribution in [3.8, 4) is 5.75 Å². The van der Waals surface area contributed by atoms with Crippen molar-refractivity contribution >= 4 is 34.6 Å². The van der Waals surface area contributed by atoms with Crippen molar-refractivity contribution in [2.75, 3.05) is 19.7 Å². The van der Waals surface area contributed by atoms with Crippen molar-refractivity contribution in [2.24, 2.45) is 5.16 Å². The summed E-state index contributed by atoms with van der Waals surface area (Å²) in [5, 5.41) is 11.1. The Hall–Kier alpha value is -3.45. The minimum absolute atomic E-state index is 0.103. The van der Waals surface area contributed by atoms with E-state index in [1.165, 1.54) is 11.3 Å².